The molecule has 0 spiro atoms. The summed E-state index contributed by atoms with van der Waals surface area (Å²) >= 11 is 7.24. The molecule has 4 nitrogen and oxygen atoms in total. The van der Waals surface area contributed by atoms with Crippen LogP contribution in [0, 0.1) is 0 Å². The maximum atomic E-state index is 11.3. The van der Waals surface area contributed by atoms with Crippen LogP contribution in [0.5, 0.6) is 0 Å². The zero-order valence-corrected chi connectivity index (χ0v) is 11.8. The Bertz CT molecular complexity index is 595. The summed E-state index contributed by atoms with van der Waals surface area (Å²) in [6.07, 6.45) is 1.56. The summed E-state index contributed by atoms with van der Waals surface area (Å²) in [5.74, 6) is -0.983. The van der Waals surface area contributed by atoms with Gasteiger partial charge in [0.1, 0.15) is 11.3 Å². The zero-order valence-electron chi connectivity index (χ0n) is 10.3. The van der Waals surface area contributed by atoms with Gasteiger partial charge in [0, 0.05) is 17.1 Å². The highest BCUT2D eigenvalue weighted by molar-refractivity contribution is 7.14. The van der Waals surface area contributed by atoms with E-state index < -0.39 is 5.97 Å². The number of thiophene rings is 1. The molecule has 0 aliphatic heterocycles. The standard InChI is InChI=1S/C12H13ClN2O2S/c1-12(2,3)15-5-8(11(16)17)10(14-15)7-4-9(13)18-6-7/h4-6H,1-3H3,(H,16,17). The van der Waals surface area contributed by atoms with Crippen molar-refractivity contribution in [2.45, 2.75) is 26.3 Å². The van der Waals surface area contributed by atoms with Crippen LogP contribution in [0.15, 0.2) is 17.6 Å². The van der Waals surface area contributed by atoms with Crippen LogP contribution in [0.1, 0.15) is 31.1 Å². The first kappa shape index (κ1) is 13.1. The van der Waals surface area contributed by atoms with Crippen LogP contribution >= 0.6 is 22.9 Å². The van der Waals surface area contributed by atoms with Crippen molar-refractivity contribution in [2.75, 3.05) is 0 Å². The number of carboxylic acids is 1. The van der Waals surface area contributed by atoms with E-state index in [9.17, 15) is 9.90 Å². The van der Waals surface area contributed by atoms with Gasteiger partial charge in [-0.2, -0.15) is 5.10 Å². The number of aromatic nitrogens is 2. The monoisotopic (exact) mass is 284 g/mol. The van der Waals surface area contributed by atoms with Crippen LogP contribution in [-0.4, -0.2) is 20.9 Å². The van der Waals surface area contributed by atoms with E-state index in [0.29, 0.717) is 10.0 Å². The third-order valence-electron chi connectivity index (χ3n) is 2.47. The Hall–Kier alpha value is -1.33. The maximum Gasteiger partial charge on any atom is 0.339 e. The summed E-state index contributed by atoms with van der Waals surface area (Å²) in [5.41, 5.74) is 1.13. The van der Waals surface area contributed by atoms with Crippen LogP contribution < -0.4 is 0 Å². The third kappa shape index (κ3) is 2.42. The van der Waals surface area contributed by atoms with Gasteiger partial charge in [0.2, 0.25) is 0 Å². The number of aromatic carboxylic acids is 1. The molecule has 2 heterocycles. The van der Waals surface area contributed by atoms with Gasteiger partial charge in [0.25, 0.3) is 0 Å². The Balaban J connectivity index is 2.59. The van der Waals surface area contributed by atoms with Crippen molar-refractivity contribution in [1.29, 1.82) is 0 Å². The Morgan fingerprint density at radius 2 is 2.17 bits per heavy atom. The van der Waals surface area contributed by atoms with Crippen LogP contribution in [0.2, 0.25) is 4.34 Å². The van der Waals surface area contributed by atoms with Crippen LogP contribution in [0.3, 0.4) is 0 Å². The van der Waals surface area contributed by atoms with Crippen molar-refractivity contribution in [3.8, 4) is 11.3 Å². The van der Waals surface area contributed by atoms with Crippen molar-refractivity contribution in [3.63, 3.8) is 0 Å². The molecule has 0 saturated heterocycles. The summed E-state index contributed by atoms with van der Waals surface area (Å²) in [5, 5.41) is 15.4. The highest BCUT2D eigenvalue weighted by atomic mass is 35.5. The predicted octanol–water partition coefficient (Wildman–Crippen LogP) is 3.72. The van der Waals surface area contributed by atoms with Gasteiger partial charge in [-0.25, -0.2) is 4.79 Å². The first-order valence-electron chi connectivity index (χ1n) is 5.37. The summed E-state index contributed by atoms with van der Waals surface area (Å²) < 4.78 is 2.28. The topological polar surface area (TPSA) is 55.1 Å². The first-order valence-corrected chi connectivity index (χ1v) is 6.62. The normalized spacial score (nSPS) is 11.8. The van der Waals surface area contributed by atoms with Crippen molar-refractivity contribution in [2.24, 2.45) is 0 Å². The molecule has 2 rings (SSSR count). The molecular formula is C12H13ClN2O2S. The van der Waals surface area contributed by atoms with Gasteiger partial charge in [-0.1, -0.05) is 11.6 Å². The summed E-state index contributed by atoms with van der Waals surface area (Å²) in [4.78, 5) is 11.3. The minimum atomic E-state index is -0.983. The lowest BCUT2D eigenvalue weighted by Gasteiger charge is -2.18. The van der Waals surface area contributed by atoms with Crippen LogP contribution in [0.4, 0.5) is 0 Å². The molecular weight excluding hydrogens is 272 g/mol. The first-order chi connectivity index (χ1) is 8.29. The molecule has 18 heavy (non-hydrogen) atoms. The molecule has 0 fully saturated rings. The maximum absolute atomic E-state index is 11.3. The number of halogens is 1. The Labute approximate surface area is 114 Å². The fraction of sp³-hybridized carbons (Fsp3) is 0.333. The van der Waals surface area contributed by atoms with Gasteiger partial charge in [0.15, 0.2) is 0 Å². The van der Waals surface area contributed by atoms with Gasteiger partial charge < -0.3 is 5.11 Å². The molecule has 0 amide bonds. The number of rotatable bonds is 2. The largest absolute Gasteiger partial charge is 0.478 e. The Morgan fingerprint density at radius 1 is 1.50 bits per heavy atom. The quantitative estimate of drug-likeness (QED) is 0.914. The fourth-order valence-electron chi connectivity index (χ4n) is 1.52. The highest BCUT2D eigenvalue weighted by Crippen LogP contribution is 2.31. The van der Waals surface area contributed by atoms with Crippen molar-refractivity contribution >= 4 is 28.9 Å². The van der Waals surface area contributed by atoms with Gasteiger partial charge in [0.05, 0.1) is 9.88 Å². The molecule has 2 aromatic rings. The van der Waals surface area contributed by atoms with E-state index in [1.807, 2.05) is 26.2 Å². The molecule has 0 aliphatic carbocycles. The second-order valence-electron chi connectivity index (χ2n) is 4.95. The van der Waals surface area contributed by atoms with E-state index in [4.69, 9.17) is 11.6 Å². The predicted molar refractivity (Wildman–Crippen MR) is 72.5 cm³/mol. The number of nitrogens with zero attached hydrogens (tertiary/aromatic N) is 2. The lowest BCUT2D eigenvalue weighted by Crippen LogP contribution is -2.22. The van der Waals surface area contributed by atoms with E-state index in [2.05, 4.69) is 5.10 Å². The zero-order chi connectivity index (χ0) is 13.5. The fourth-order valence-corrected chi connectivity index (χ4v) is 2.39. The van der Waals surface area contributed by atoms with E-state index in [0.717, 1.165) is 5.56 Å². The van der Waals surface area contributed by atoms with Crippen molar-refractivity contribution < 1.29 is 9.90 Å². The second kappa shape index (κ2) is 4.40. The Morgan fingerprint density at radius 3 is 2.61 bits per heavy atom. The number of carbonyl (C=O) groups is 1. The summed E-state index contributed by atoms with van der Waals surface area (Å²) in [6.45, 7) is 5.90. The Kier molecular flexibility index (Phi) is 3.21. The molecule has 0 saturated carbocycles. The lowest BCUT2D eigenvalue weighted by molar-refractivity contribution is 0.0697. The average molecular weight is 285 g/mol. The van der Waals surface area contributed by atoms with Gasteiger partial charge in [-0.15, -0.1) is 11.3 Å². The van der Waals surface area contributed by atoms with E-state index in [1.165, 1.54) is 11.3 Å². The van der Waals surface area contributed by atoms with Crippen LogP contribution in [0.25, 0.3) is 11.3 Å². The molecule has 6 heteroatoms. The number of hydrogen-bond donors (Lipinski definition) is 1. The molecule has 96 valence electrons. The molecule has 0 aliphatic rings. The molecule has 0 unspecified atom stereocenters. The van der Waals surface area contributed by atoms with Gasteiger partial charge in [-0.05, 0) is 26.8 Å². The average Bonchev–Trinajstić information content (AvgIpc) is 2.81. The van der Waals surface area contributed by atoms with Crippen LogP contribution in [-0.2, 0) is 5.54 Å². The minimum absolute atomic E-state index is 0.194. The number of hydrogen-bond acceptors (Lipinski definition) is 3. The minimum Gasteiger partial charge on any atom is -0.478 e. The molecule has 0 bridgehead atoms. The van der Waals surface area contributed by atoms with Crippen molar-refractivity contribution in [1.82, 2.24) is 9.78 Å². The number of carboxylic acid groups (broad SMARTS) is 1. The summed E-state index contributed by atoms with van der Waals surface area (Å²) in [7, 11) is 0. The van der Waals surface area contributed by atoms with E-state index in [-0.39, 0.29) is 11.1 Å². The SMILES string of the molecule is CC(C)(C)n1cc(C(=O)O)c(-c2csc(Cl)c2)n1. The molecule has 0 radical (unpaired) electrons. The van der Waals surface area contributed by atoms with Gasteiger partial charge >= 0.3 is 5.97 Å². The molecule has 0 atom stereocenters. The van der Waals surface area contributed by atoms with Gasteiger partial charge in [-0.3, -0.25) is 4.68 Å². The summed E-state index contributed by atoms with van der Waals surface area (Å²) in [6, 6.07) is 1.73. The molecule has 0 aromatic carbocycles. The third-order valence-corrected chi connectivity index (χ3v) is 3.56. The lowest BCUT2D eigenvalue weighted by atomic mass is 10.1. The highest BCUT2D eigenvalue weighted by Gasteiger charge is 2.22. The van der Waals surface area contributed by atoms with E-state index in [1.54, 1.807) is 16.9 Å². The smallest absolute Gasteiger partial charge is 0.339 e. The molecule has 1 N–H and O–H groups in total. The van der Waals surface area contributed by atoms with E-state index >= 15 is 0 Å². The second-order valence-corrected chi connectivity index (χ2v) is 6.49. The van der Waals surface area contributed by atoms with Crippen molar-refractivity contribution in [3.05, 3.63) is 27.5 Å². The molecule has 2 aromatic heterocycles.